The van der Waals surface area contributed by atoms with E-state index in [-0.39, 0.29) is 53.9 Å². The second-order valence-electron chi connectivity index (χ2n) is 10.4. The molecule has 0 N–H and O–H groups in total. The summed E-state index contributed by atoms with van der Waals surface area (Å²) in [6.07, 6.45) is 4.28. The standard InChI is InChI=1S/C23H33FO5/c1-13(25)28-15-7-10-22(4)18-8-9-21(3)17(5-6-20(21)29-14(2)26)16(18)11-19(27)23(22,24)12-15/h15-18,20H,5-12H2,1-4H3/t15-,16+,17?,18?,20+,21+,22-,23+/m1/s1. The molecule has 0 amide bonds. The first-order valence-electron chi connectivity index (χ1n) is 11.1. The van der Waals surface area contributed by atoms with E-state index in [4.69, 9.17) is 9.47 Å². The molecule has 6 heteroatoms. The third-order valence-electron chi connectivity index (χ3n) is 9.07. The Morgan fingerprint density at radius 2 is 1.66 bits per heavy atom. The predicted molar refractivity (Wildman–Crippen MR) is 104 cm³/mol. The van der Waals surface area contributed by atoms with Gasteiger partial charge in [0, 0.05) is 37.5 Å². The van der Waals surface area contributed by atoms with Gasteiger partial charge in [0.1, 0.15) is 12.2 Å². The zero-order chi connectivity index (χ0) is 21.2. The number of carbonyl (C=O) groups excluding carboxylic acids is 3. The Labute approximate surface area is 172 Å². The molecule has 0 radical (unpaired) electrons. The number of alkyl halides is 1. The summed E-state index contributed by atoms with van der Waals surface area (Å²) >= 11 is 0. The lowest BCUT2D eigenvalue weighted by Crippen LogP contribution is -2.65. The molecule has 4 rings (SSSR count). The zero-order valence-electron chi connectivity index (χ0n) is 18.0. The summed E-state index contributed by atoms with van der Waals surface area (Å²) in [5.74, 6) is -0.435. The Morgan fingerprint density at radius 3 is 2.31 bits per heavy atom. The molecule has 5 nitrogen and oxygen atoms in total. The zero-order valence-corrected chi connectivity index (χ0v) is 18.0. The smallest absolute Gasteiger partial charge is 0.302 e. The molecule has 4 saturated carbocycles. The number of esters is 2. The number of fused-ring (bicyclic) bond motifs is 5. The Kier molecular flexibility index (Phi) is 4.86. The highest BCUT2D eigenvalue weighted by molar-refractivity contribution is 5.90. The second kappa shape index (κ2) is 6.78. The molecule has 4 aliphatic rings. The van der Waals surface area contributed by atoms with Gasteiger partial charge in [0.25, 0.3) is 0 Å². The van der Waals surface area contributed by atoms with E-state index in [0.717, 1.165) is 25.7 Å². The van der Waals surface area contributed by atoms with E-state index in [0.29, 0.717) is 12.8 Å². The highest BCUT2D eigenvalue weighted by Crippen LogP contribution is 2.67. The lowest BCUT2D eigenvalue weighted by Gasteiger charge is -2.61. The molecule has 0 aliphatic heterocycles. The second-order valence-corrected chi connectivity index (χ2v) is 10.4. The Hall–Kier alpha value is -1.46. The number of Topliss-reactive ketones (excluding diaryl/α,β-unsaturated/α-hetero) is 1. The number of ketones is 1. The topological polar surface area (TPSA) is 69.7 Å². The summed E-state index contributed by atoms with van der Waals surface area (Å²) in [5.41, 5.74) is -2.77. The van der Waals surface area contributed by atoms with Crippen LogP contribution in [0.25, 0.3) is 0 Å². The lowest BCUT2D eigenvalue weighted by molar-refractivity contribution is -0.199. The largest absolute Gasteiger partial charge is 0.462 e. The number of rotatable bonds is 2. The van der Waals surface area contributed by atoms with E-state index in [1.54, 1.807) is 0 Å². The number of hydrogen-bond acceptors (Lipinski definition) is 5. The molecule has 0 aromatic carbocycles. The van der Waals surface area contributed by atoms with Crippen molar-refractivity contribution >= 4 is 17.7 Å². The predicted octanol–water partition coefficient (Wildman–Crippen LogP) is 4.16. The molecule has 2 unspecified atom stereocenters. The van der Waals surface area contributed by atoms with Gasteiger partial charge in [-0.15, -0.1) is 0 Å². The van der Waals surface area contributed by atoms with Gasteiger partial charge in [-0.05, 0) is 56.3 Å². The highest BCUT2D eigenvalue weighted by Gasteiger charge is 2.69. The summed E-state index contributed by atoms with van der Waals surface area (Å²) in [6, 6.07) is 0. The van der Waals surface area contributed by atoms with Gasteiger partial charge >= 0.3 is 11.9 Å². The van der Waals surface area contributed by atoms with Gasteiger partial charge in [0.15, 0.2) is 11.5 Å². The molecule has 4 fully saturated rings. The van der Waals surface area contributed by atoms with E-state index in [1.807, 2.05) is 6.92 Å². The van der Waals surface area contributed by atoms with Crippen molar-refractivity contribution in [1.29, 1.82) is 0 Å². The average molecular weight is 409 g/mol. The average Bonchev–Trinajstić information content (AvgIpc) is 2.93. The molecule has 0 spiro atoms. The van der Waals surface area contributed by atoms with Crippen molar-refractivity contribution in [1.82, 2.24) is 0 Å². The van der Waals surface area contributed by atoms with Gasteiger partial charge < -0.3 is 9.47 Å². The minimum atomic E-state index is -1.92. The van der Waals surface area contributed by atoms with E-state index >= 15 is 4.39 Å². The van der Waals surface area contributed by atoms with Gasteiger partial charge in [-0.1, -0.05) is 13.8 Å². The SMILES string of the molecule is CC(=O)O[C@@H]1CC[C@]2(C)C3CC[C@@]4(C)C(CC[C@@H]4OC(C)=O)[C@@H]3CC(=O)[C@@]2(F)C1. The van der Waals surface area contributed by atoms with Crippen LogP contribution in [-0.4, -0.2) is 35.6 Å². The van der Waals surface area contributed by atoms with Crippen LogP contribution in [0.2, 0.25) is 0 Å². The fourth-order valence-electron chi connectivity index (χ4n) is 7.64. The van der Waals surface area contributed by atoms with Crippen LogP contribution in [0.3, 0.4) is 0 Å². The fourth-order valence-corrected chi connectivity index (χ4v) is 7.64. The number of halogens is 1. The highest BCUT2D eigenvalue weighted by atomic mass is 19.1. The molecular weight excluding hydrogens is 375 g/mol. The summed E-state index contributed by atoms with van der Waals surface area (Å²) in [7, 11) is 0. The van der Waals surface area contributed by atoms with Crippen molar-refractivity contribution in [2.24, 2.45) is 28.6 Å². The fraction of sp³-hybridized carbons (Fsp3) is 0.870. The molecule has 0 bridgehead atoms. The Morgan fingerprint density at radius 1 is 0.966 bits per heavy atom. The van der Waals surface area contributed by atoms with E-state index in [1.165, 1.54) is 13.8 Å². The molecule has 0 saturated heterocycles. The quantitative estimate of drug-likeness (QED) is 0.642. The molecular formula is C23H33FO5. The minimum Gasteiger partial charge on any atom is -0.462 e. The first kappa shape index (κ1) is 20.8. The number of ether oxygens (including phenoxy) is 2. The van der Waals surface area contributed by atoms with Crippen LogP contribution in [0, 0.1) is 28.6 Å². The van der Waals surface area contributed by atoms with Crippen LogP contribution in [0.4, 0.5) is 4.39 Å². The maximum Gasteiger partial charge on any atom is 0.302 e. The van der Waals surface area contributed by atoms with Gasteiger partial charge in [0.2, 0.25) is 0 Å². The van der Waals surface area contributed by atoms with Crippen molar-refractivity contribution < 1.29 is 28.2 Å². The van der Waals surface area contributed by atoms with Crippen LogP contribution in [0.1, 0.15) is 79.1 Å². The van der Waals surface area contributed by atoms with Crippen LogP contribution in [0.15, 0.2) is 0 Å². The van der Waals surface area contributed by atoms with Gasteiger partial charge in [0.05, 0.1) is 0 Å². The summed E-state index contributed by atoms with van der Waals surface area (Å²) < 4.78 is 27.3. The molecule has 0 heterocycles. The Bertz CT molecular complexity index is 737. The molecule has 162 valence electrons. The van der Waals surface area contributed by atoms with E-state index in [9.17, 15) is 14.4 Å². The maximum absolute atomic E-state index is 16.3. The first-order valence-corrected chi connectivity index (χ1v) is 11.1. The van der Waals surface area contributed by atoms with Crippen molar-refractivity contribution in [2.75, 3.05) is 0 Å². The third-order valence-corrected chi connectivity index (χ3v) is 9.07. The van der Waals surface area contributed by atoms with Crippen molar-refractivity contribution in [2.45, 2.75) is 96.9 Å². The number of hydrogen-bond donors (Lipinski definition) is 0. The monoisotopic (exact) mass is 408 g/mol. The number of carbonyl (C=O) groups is 3. The van der Waals surface area contributed by atoms with Crippen LogP contribution >= 0.6 is 0 Å². The van der Waals surface area contributed by atoms with Crippen molar-refractivity contribution in [3.05, 3.63) is 0 Å². The summed E-state index contributed by atoms with van der Waals surface area (Å²) in [5, 5.41) is 0. The van der Waals surface area contributed by atoms with Crippen LogP contribution in [0.5, 0.6) is 0 Å². The molecule has 4 aliphatic carbocycles. The van der Waals surface area contributed by atoms with Gasteiger partial charge in [-0.2, -0.15) is 0 Å². The minimum absolute atomic E-state index is 0.0108. The van der Waals surface area contributed by atoms with Crippen molar-refractivity contribution in [3.63, 3.8) is 0 Å². The normalized spacial score (nSPS) is 48.9. The van der Waals surface area contributed by atoms with Gasteiger partial charge in [-0.25, -0.2) is 4.39 Å². The first-order chi connectivity index (χ1) is 13.5. The van der Waals surface area contributed by atoms with E-state index in [2.05, 4.69) is 6.92 Å². The molecule has 29 heavy (non-hydrogen) atoms. The van der Waals surface area contributed by atoms with Crippen molar-refractivity contribution in [3.8, 4) is 0 Å². The van der Waals surface area contributed by atoms with Crippen LogP contribution in [-0.2, 0) is 23.9 Å². The summed E-state index contributed by atoms with van der Waals surface area (Å²) in [6.45, 7) is 6.93. The Balaban J connectivity index is 1.61. The van der Waals surface area contributed by atoms with Crippen LogP contribution < -0.4 is 0 Å². The maximum atomic E-state index is 16.3. The van der Waals surface area contributed by atoms with E-state index < -0.39 is 23.2 Å². The summed E-state index contributed by atoms with van der Waals surface area (Å²) in [4.78, 5) is 36.1. The molecule has 8 atom stereocenters. The molecule has 0 aromatic heterocycles. The third kappa shape index (κ3) is 2.96. The lowest BCUT2D eigenvalue weighted by atomic mass is 9.43. The van der Waals surface area contributed by atoms with Gasteiger partial charge in [-0.3, -0.25) is 14.4 Å². The molecule has 0 aromatic rings.